The van der Waals surface area contributed by atoms with Gasteiger partial charge in [-0.3, -0.25) is 0 Å². The van der Waals surface area contributed by atoms with E-state index in [1.165, 1.54) is 22.3 Å². The van der Waals surface area contributed by atoms with Gasteiger partial charge in [0.1, 0.15) is 11.2 Å². The Labute approximate surface area is 359 Å². The number of fused-ring (bicyclic) bond motifs is 7. The molecular weight excluding hydrogens is 755 g/mol. The van der Waals surface area contributed by atoms with Crippen molar-refractivity contribution in [3.05, 3.63) is 235 Å². The molecule has 0 radical (unpaired) electrons. The van der Waals surface area contributed by atoms with Gasteiger partial charge in [-0.2, -0.15) is 0 Å². The maximum absolute atomic E-state index is 6.46. The van der Waals surface area contributed by atoms with Gasteiger partial charge in [0.05, 0.1) is 0 Å². The van der Waals surface area contributed by atoms with Crippen LogP contribution in [0.15, 0.2) is 223 Å². The lowest BCUT2D eigenvalue weighted by molar-refractivity contribution is 0.669. The minimum atomic E-state index is -0.101. The molecule has 0 saturated heterocycles. The second-order valence-electron chi connectivity index (χ2n) is 15.9. The van der Waals surface area contributed by atoms with Gasteiger partial charge in [-0.05, 0) is 97.6 Å². The number of rotatable bonds is 7. The number of nitrogens with zero attached hydrogens (tertiary/aromatic N) is 3. The zero-order valence-electron chi connectivity index (χ0n) is 33.6. The molecular formula is C58H37N3O. The van der Waals surface area contributed by atoms with Crippen LogP contribution in [0.2, 0.25) is 0 Å². The summed E-state index contributed by atoms with van der Waals surface area (Å²) in [6.07, 6.45) is 0. The van der Waals surface area contributed by atoms with E-state index < -0.39 is 0 Å². The molecule has 11 aromatic rings. The maximum Gasteiger partial charge on any atom is 0.164 e. The van der Waals surface area contributed by atoms with Crippen molar-refractivity contribution in [1.29, 1.82) is 0 Å². The third-order valence-electron chi connectivity index (χ3n) is 12.2. The number of aromatic nitrogens is 3. The van der Waals surface area contributed by atoms with Gasteiger partial charge < -0.3 is 4.42 Å². The van der Waals surface area contributed by atoms with Crippen molar-refractivity contribution in [3.63, 3.8) is 0 Å². The molecule has 1 unspecified atom stereocenters. The molecule has 9 aromatic carbocycles. The van der Waals surface area contributed by atoms with Crippen molar-refractivity contribution in [2.45, 2.75) is 5.92 Å². The van der Waals surface area contributed by atoms with E-state index in [1.54, 1.807) is 0 Å². The van der Waals surface area contributed by atoms with Gasteiger partial charge in [0.15, 0.2) is 17.5 Å². The number of furan rings is 1. The predicted molar refractivity (Wildman–Crippen MR) is 253 cm³/mol. The Balaban J connectivity index is 1.14. The quantitative estimate of drug-likeness (QED) is 0.161. The van der Waals surface area contributed by atoms with Gasteiger partial charge in [0.25, 0.3) is 0 Å². The van der Waals surface area contributed by atoms with E-state index in [-0.39, 0.29) is 5.92 Å². The Bertz CT molecular complexity index is 3340. The van der Waals surface area contributed by atoms with E-state index in [0.29, 0.717) is 17.5 Å². The van der Waals surface area contributed by atoms with Crippen LogP contribution >= 0.6 is 0 Å². The molecule has 4 heteroatoms. The first kappa shape index (κ1) is 35.7. The van der Waals surface area contributed by atoms with Gasteiger partial charge in [-0.15, -0.1) is 0 Å². The van der Waals surface area contributed by atoms with Crippen LogP contribution in [-0.2, 0) is 0 Å². The van der Waals surface area contributed by atoms with E-state index in [0.717, 1.165) is 77.6 Å². The number of hydrogen-bond acceptors (Lipinski definition) is 4. The fourth-order valence-electron chi connectivity index (χ4n) is 9.34. The van der Waals surface area contributed by atoms with Gasteiger partial charge in [-0.1, -0.05) is 182 Å². The molecule has 2 aromatic heterocycles. The van der Waals surface area contributed by atoms with Gasteiger partial charge in [0.2, 0.25) is 0 Å². The normalized spacial score (nSPS) is 13.0. The van der Waals surface area contributed by atoms with Crippen molar-refractivity contribution >= 4 is 21.9 Å². The Kier molecular flexibility index (Phi) is 8.53. The molecule has 0 spiro atoms. The molecule has 1 aliphatic rings. The highest BCUT2D eigenvalue weighted by Crippen LogP contribution is 2.54. The van der Waals surface area contributed by atoms with E-state index in [4.69, 9.17) is 19.4 Å². The van der Waals surface area contributed by atoms with Crippen LogP contribution in [0.4, 0.5) is 0 Å². The minimum Gasteiger partial charge on any atom is -0.456 e. The van der Waals surface area contributed by atoms with Gasteiger partial charge >= 0.3 is 0 Å². The lowest BCUT2D eigenvalue weighted by Gasteiger charge is -2.20. The van der Waals surface area contributed by atoms with E-state index >= 15 is 0 Å². The first-order valence-corrected chi connectivity index (χ1v) is 21.0. The number of para-hydroxylation sites is 1. The lowest BCUT2D eigenvalue weighted by Crippen LogP contribution is -2.06. The van der Waals surface area contributed by atoms with Crippen LogP contribution in [0, 0.1) is 0 Å². The first-order chi connectivity index (χ1) is 30.7. The van der Waals surface area contributed by atoms with Gasteiger partial charge in [-0.25, -0.2) is 15.0 Å². The molecule has 0 amide bonds. The molecule has 2 heterocycles. The second-order valence-corrected chi connectivity index (χ2v) is 15.9. The van der Waals surface area contributed by atoms with E-state index in [2.05, 4.69) is 176 Å². The molecule has 62 heavy (non-hydrogen) atoms. The van der Waals surface area contributed by atoms with Crippen molar-refractivity contribution in [2.75, 3.05) is 0 Å². The Morgan fingerprint density at radius 1 is 0.306 bits per heavy atom. The molecule has 0 N–H and O–H groups in total. The molecule has 12 rings (SSSR count). The van der Waals surface area contributed by atoms with Gasteiger partial charge in [0, 0.05) is 33.4 Å². The summed E-state index contributed by atoms with van der Waals surface area (Å²) in [7, 11) is 0. The highest BCUT2D eigenvalue weighted by atomic mass is 16.3. The predicted octanol–water partition coefficient (Wildman–Crippen LogP) is 14.9. The summed E-state index contributed by atoms with van der Waals surface area (Å²) in [5.74, 6) is 1.78. The minimum absolute atomic E-state index is 0.101. The van der Waals surface area contributed by atoms with Crippen LogP contribution in [0.25, 0.3) is 101 Å². The smallest absolute Gasteiger partial charge is 0.164 e. The monoisotopic (exact) mass is 791 g/mol. The fraction of sp³-hybridized carbons (Fsp3) is 0.0172. The third kappa shape index (κ3) is 6.12. The SMILES string of the molecule is c1ccc(-c2cc(-c3ccccc3)cc(-c3ccc(C4c5ccccc5-c5c4ccc4oc6ccccc6c54)c(-c4nc(-c5ccccc5)nc(-c5ccccc5)n4)c3)c2)cc1. The van der Waals surface area contributed by atoms with Crippen molar-refractivity contribution in [3.8, 4) is 78.7 Å². The maximum atomic E-state index is 6.46. The topological polar surface area (TPSA) is 51.8 Å². The molecule has 290 valence electrons. The highest BCUT2D eigenvalue weighted by molar-refractivity contribution is 6.15. The molecule has 0 fully saturated rings. The zero-order chi connectivity index (χ0) is 41.0. The summed E-state index contributed by atoms with van der Waals surface area (Å²) in [6, 6.07) is 77.1. The summed E-state index contributed by atoms with van der Waals surface area (Å²) in [4.78, 5) is 15.8. The average molecular weight is 792 g/mol. The van der Waals surface area contributed by atoms with E-state index in [1.807, 2.05) is 42.5 Å². The summed E-state index contributed by atoms with van der Waals surface area (Å²) < 4.78 is 6.46. The fourth-order valence-corrected chi connectivity index (χ4v) is 9.34. The average Bonchev–Trinajstić information content (AvgIpc) is 3.90. The van der Waals surface area contributed by atoms with Crippen molar-refractivity contribution < 1.29 is 4.42 Å². The van der Waals surface area contributed by atoms with E-state index in [9.17, 15) is 0 Å². The summed E-state index contributed by atoms with van der Waals surface area (Å²) >= 11 is 0. The van der Waals surface area contributed by atoms with Crippen LogP contribution in [0.5, 0.6) is 0 Å². The third-order valence-corrected chi connectivity index (χ3v) is 12.2. The second kappa shape index (κ2) is 14.8. The van der Waals surface area contributed by atoms with Crippen LogP contribution in [-0.4, -0.2) is 15.0 Å². The molecule has 1 aliphatic carbocycles. The highest BCUT2D eigenvalue weighted by Gasteiger charge is 2.34. The number of hydrogen-bond donors (Lipinski definition) is 0. The molecule has 4 nitrogen and oxygen atoms in total. The summed E-state index contributed by atoms with van der Waals surface area (Å²) in [6.45, 7) is 0. The van der Waals surface area contributed by atoms with Crippen molar-refractivity contribution in [1.82, 2.24) is 15.0 Å². The molecule has 0 saturated carbocycles. The lowest BCUT2D eigenvalue weighted by atomic mass is 9.84. The van der Waals surface area contributed by atoms with Crippen LogP contribution in [0.1, 0.15) is 22.6 Å². The summed E-state index contributed by atoms with van der Waals surface area (Å²) in [5, 5.41) is 2.27. The Morgan fingerprint density at radius 3 is 1.42 bits per heavy atom. The standard InChI is InChI=1S/C58H37N3O/c1-5-17-37(18-6-1)42-33-43(38-19-7-2-8-20-38)35-44(34-42)41-29-30-47(50(36-41)58-60-56(39-21-9-3-10-22-39)59-57(61-58)40-23-11-4-12-24-40)53-45-25-13-14-26-46(45)54-49(53)31-32-52-55(54)48-27-15-16-28-51(48)62-52/h1-36,53H. The Hall–Kier alpha value is -8.21. The number of benzene rings is 9. The van der Waals surface area contributed by atoms with Crippen molar-refractivity contribution in [2.24, 2.45) is 0 Å². The first-order valence-electron chi connectivity index (χ1n) is 21.0. The largest absolute Gasteiger partial charge is 0.456 e. The van der Waals surface area contributed by atoms with Crippen LogP contribution in [0.3, 0.4) is 0 Å². The van der Waals surface area contributed by atoms with Crippen LogP contribution < -0.4 is 0 Å². The zero-order valence-corrected chi connectivity index (χ0v) is 33.6. The Morgan fingerprint density at radius 2 is 0.790 bits per heavy atom. The molecule has 0 aliphatic heterocycles. The molecule has 1 atom stereocenters. The summed E-state index contributed by atoms with van der Waals surface area (Å²) in [5.41, 5.74) is 17.4. The molecule has 0 bridgehead atoms.